The number of carbonyl (C=O) groups excluding carboxylic acids is 3. The molecular formula is C27H36N4O5. The Bertz CT molecular complexity index is 1010. The van der Waals surface area contributed by atoms with Gasteiger partial charge in [0, 0.05) is 32.3 Å². The van der Waals surface area contributed by atoms with Crippen LogP contribution in [0.5, 0.6) is 0 Å². The Balaban J connectivity index is 1.29. The average Bonchev–Trinajstić information content (AvgIpc) is 2.89. The summed E-state index contributed by atoms with van der Waals surface area (Å²) >= 11 is 0. The molecule has 3 fully saturated rings. The molecule has 1 aromatic carbocycles. The zero-order valence-electron chi connectivity index (χ0n) is 21.1. The number of benzene rings is 1. The highest BCUT2D eigenvalue weighted by atomic mass is 16.4. The molecule has 9 heteroatoms. The molecule has 0 unspecified atom stereocenters. The van der Waals surface area contributed by atoms with E-state index in [2.05, 4.69) is 31.3 Å². The van der Waals surface area contributed by atoms with Crippen molar-refractivity contribution < 1.29 is 24.3 Å². The highest BCUT2D eigenvalue weighted by Crippen LogP contribution is 2.35. The van der Waals surface area contributed by atoms with E-state index in [4.69, 9.17) is 0 Å². The van der Waals surface area contributed by atoms with Crippen molar-refractivity contribution in [3.63, 3.8) is 0 Å². The van der Waals surface area contributed by atoms with E-state index in [1.165, 1.54) is 16.5 Å². The summed E-state index contributed by atoms with van der Waals surface area (Å²) in [6.45, 7) is 7.19. The number of piperidine rings is 1. The van der Waals surface area contributed by atoms with E-state index in [9.17, 15) is 24.3 Å². The predicted molar refractivity (Wildman–Crippen MR) is 135 cm³/mol. The molecular weight excluding hydrogens is 460 g/mol. The summed E-state index contributed by atoms with van der Waals surface area (Å²) in [5.74, 6) is -1.56. The van der Waals surface area contributed by atoms with Crippen LogP contribution < -0.4 is 5.32 Å². The molecule has 0 saturated carbocycles. The maximum Gasteiger partial charge on any atom is 0.327 e. The smallest absolute Gasteiger partial charge is 0.327 e. The summed E-state index contributed by atoms with van der Waals surface area (Å²) in [6, 6.07) is 6.40. The van der Waals surface area contributed by atoms with Crippen LogP contribution in [-0.2, 0) is 14.4 Å². The number of imide groups is 1. The van der Waals surface area contributed by atoms with Crippen LogP contribution >= 0.6 is 0 Å². The van der Waals surface area contributed by atoms with Gasteiger partial charge in [0.15, 0.2) is 6.04 Å². The van der Waals surface area contributed by atoms with Crippen LogP contribution in [0.25, 0.3) is 6.08 Å². The fourth-order valence-electron chi connectivity index (χ4n) is 5.29. The molecule has 3 aliphatic rings. The van der Waals surface area contributed by atoms with Crippen LogP contribution in [0.2, 0.25) is 0 Å². The second-order valence-electron chi connectivity index (χ2n) is 10.3. The highest BCUT2D eigenvalue weighted by Gasteiger charge is 2.56. The van der Waals surface area contributed by atoms with Crippen molar-refractivity contribution >= 4 is 29.9 Å². The minimum absolute atomic E-state index is 0.138. The standard InChI is InChI=1S/C27H36N4O5/c1-18(2)21-6-3-19(4-7-21)5-8-23(32)29-13-15-30(16-14-29)27(36)31-24(26(34)35)22(25(31)33)17-20-9-11-28-12-10-20/h3-8,18,20,22,24,28H,9-17H2,1-2H3,(H,34,35)/t22-,24+/m1/s1. The molecule has 1 aromatic rings. The van der Waals surface area contributed by atoms with Gasteiger partial charge in [-0.25, -0.2) is 14.5 Å². The topological polar surface area (TPSA) is 110 Å². The van der Waals surface area contributed by atoms with Crippen LogP contribution in [-0.4, -0.2) is 88.9 Å². The van der Waals surface area contributed by atoms with E-state index in [0.717, 1.165) is 36.4 Å². The summed E-state index contributed by atoms with van der Waals surface area (Å²) in [7, 11) is 0. The van der Waals surface area contributed by atoms with Crippen molar-refractivity contribution in [1.29, 1.82) is 0 Å². The average molecular weight is 497 g/mol. The van der Waals surface area contributed by atoms with E-state index in [1.807, 2.05) is 12.1 Å². The number of hydrogen-bond donors (Lipinski definition) is 2. The number of urea groups is 1. The number of nitrogens with zero attached hydrogens (tertiary/aromatic N) is 3. The third kappa shape index (κ3) is 5.61. The first-order valence-corrected chi connectivity index (χ1v) is 12.9. The second-order valence-corrected chi connectivity index (χ2v) is 10.3. The van der Waals surface area contributed by atoms with Gasteiger partial charge < -0.3 is 20.2 Å². The van der Waals surface area contributed by atoms with E-state index >= 15 is 0 Å². The molecule has 4 amide bonds. The Labute approximate surface area is 212 Å². The lowest BCUT2D eigenvalue weighted by atomic mass is 9.78. The summed E-state index contributed by atoms with van der Waals surface area (Å²) in [5, 5.41) is 13.0. The van der Waals surface area contributed by atoms with E-state index in [0.29, 0.717) is 31.3 Å². The first-order chi connectivity index (χ1) is 17.3. The molecule has 3 aliphatic heterocycles. The Morgan fingerprint density at radius 1 is 1.03 bits per heavy atom. The van der Waals surface area contributed by atoms with E-state index < -0.39 is 29.9 Å². The van der Waals surface area contributed by atoms with Crippen molar-refractivity contribution in [2.24, 2.45) is 11.8 Å². The summed E-state index contributed by atoms with van der Waals surface area (Å²) in [4.78, 5) is 54.5. The number of likely N-dealkylation sites (tertiary alicyclic amines) is 1. The van der Waals surface area contributed by atoms with Gasteiger partial charge in [-0.3, -0.25) is 9.59 Å². The highest BCUT2D eigenvalue weighted by molar-refractivity contribution is 6.07. The molecule has 2 atom stereocenters. The summed E-state index contributed by atoms with van der Waals surface area (Å²) in [5.41, 5.74) is 2.18. The number of amides is 4. The van der Waals surface area contributed by atoms with E-state index in [-0.39, 0.29) is 19.0 Å². The number of β-lactam (4-membered cyclic amide) rings is 1. The molecule has 0 spiro atoms. The zero-order chi connectivity index (χ0) is 25.8. The maximum atomic E-state index is 13.0. The van der Waals surface area contributed by atoms with Crippen molar-refractivity contribution in [1.82, 2.24) is 20.0 Å². The number of nitrogens with one attached hydrogen (secondary N) is 1. The van der Waals surface area contributed by atoms with Gasteiger partial charge in [0.2, 0.25) is 11.8 Å². The molecule has 36 heavy (non-hydrogen) atoms. The number of piperazine rings is 1. The van der Waals surface area contributed by atoms with Gasteiger partial charge >= 0.3 is 12.0 Å². The minimum atomic E-state index is -1.14. The van der Waals surface area contributed by atoms with Gasteiger partial charge in [0.25, 0.3) is 0 Å². The first kappa shape index (κ1) is 25.9. The number of carbonyl (C=O) groups is 4. The normalized spacial score (nSPS) is 23.3. The van der Waals surface area contributed by atoms with Crippen LogP contribution in [0, 0.1) is 11.8 Å². The zero-order valence-corrected chi connectivity index (χ0v) is 21.1. The monoisotopic (exact) mass is 496 g/mol. The van der Waals surface area contributed by atoms with Crippen molar-refractivity contribution in [3.8, 4) is 0 Å². The number of hydrogen-bond acceptors (Lipinski definition) is 5. The Kier molecular flexibility index (Phi) is 8.08. The Hall–Kier alpha value is -3.20. The molecule has 0 aliphatic carbocycles. The van der Waals surface area contributed by atoms with Gasteiger partial charge in [0.05, 0.1) is 5.92 Å². The molecule has 0 aromatic heterocycles. The second kappa shape index (κ2) is 11.2. The minimum Gasteiger partial charge on any atom is -0.480 e. The predicted octanol–water partition coefficient (Wildman–Crippen LogP) is 2.39. The van der Waals surface area contributed by atoms with Crippen LogP contribution in [0.4, 0.5) is 4.79 Å². The largest absolute Gasteiger partial charge is 0.480 e. The van der Waals surface area contributed by atoms with Gasteiger partial charge in [-0.2, -0.15) is 0 Å². The molecule has 2 N–H and O–H groups in total. The van der Waals surface area contributed by atoms with Crippen molar-refractivity contribution in [3.05, 3.63) is 41.5 Å². The lowest BCUT2D eigenvalue weighted by Crippen LogP contribution is -2.69. The van der Waals surface area contributed by atoms with Gasteiger partial charge in [0.1, 0.15) is 0 Å². The number of rotatable bonds is 6. The van der Waals surface area contributed by atoms with Gasteiger partial charge in [-0.1, -0.05) is 38.1 Å². The molecule has 194 valence electrons. The Morgan fingerprint density at radius 3 is 2.22 bits per heavy atom. The number of aliphatic carboxylic acids is 1. The summed E-state index contributed by atoms with van der Waals surface area (Å²) < 4.78 is 0. The molecule has 0 radical (unpaired) electrons. The van der Waals surface area contributed by atoms with Crippen molar-refractivity contribution in [2.75, 3.05) is 39.3 Å². The van der Waals surface area contributed by atoms with Gasteiger partial charge in [-0.05, 0) is 61.4 Å². The lowest BCUT2D eigenvalue weighted by Gasteiger charge is -2.47. The Morgan fingerprint density at radius 2 is 1.64 bits per heavy atom. The molecule has 0 bridgehead atoms. The van der Waals surface area contributed by atoms with Crippen LogP contribution in [0.3, 0.4) is 0 Å². The third-order valence-electron chi connectivity index (χ3n) is 7.60. The molecule has 4 rings (SSSR count). The van der Waals surface area contributed by atoms with Gasteiger partial charge in [-0.15, -0.1) is 0 Å². The molecule has 3 saturated heterocycles. The fourth-order valence-corrected chi connectivity index (χ4v) is 5.29. The number of carboxylic acid groups (broad SMARTS) is 1. The van der Waals surface area contributed by atoms with Crippen molar-refractivity contribution in [2.45, 2.75) is 45.1 Å². The van der Waals surface area contributed by atoms with Crippen LogP contribution in [0.1, 0.15) is 50.2 Å². The third-order valence-corrected chi connectivity index (χ3v) is 7.60. The van der Waals surface area contributed by atoms with Crippen LogP contribution in [0.15, 0.2) is 30.3 Å². The SMILES string of the molecule is CC(C)c1ccc(C=CC(=O)N2CCN(C(=O)N3C(=O)[C@H](CC4CCNCC4)[C@H]3C(=O)O)CC2)cc1. The molecule has 9 nitrogen and oxygen atoms in total. The maximum absolute atomic E-state index is 13.0. The fraction of sp³-hybridized carbons (Fsp3) is 0.556. The van der Waals surface area contributed by atoms with E-state index in [1.54, 1.807) is 11.0 Å². The molecule has 3 heterocycles. The number of carboxylic acids is 1. The summed E-state index contributed by atoms with van der Waals surface area (Å²) in [6.07, 6.45) is 5.65. The lowest BCUT2D eigenvalue weighted by molar-refractivity contribution is -0.167. The quantitative estimate of drug-likeness (QED) is 0.462. The first-order valence-electron chi connectivity index (χ1n) is 12.9.